The first kappa shape index (κ1) is 32.7. The van der Waals surface area contributed by atoms with E-state index in [4.69, 9.17) is 10.5 Å². The van der Waals surface area contributed by atoms with Crippen LogP contribution in [0.25, 0.3) is 22.5 Å². The van der Waals surface area contributed by atoms with Crippen molar-refractivity contribution in [2.45, 2.75) is 44.6 Å². The Morgan fingerprint density at radius 1 is 0.978 bits per heavy atom. The van der Waals surface area contributed by atoms with Crippen molar-refractivity contribution in [1.29, 1.82) is 0 Å². The molecule has 46 heavy (non-hydrogen) atoms. The Morgan fingerprint density at radius 2 is 1.70 bits per heavy atom. The molecule has 1 fully saturated rings. The third-order valence-corrected chi connectivity index (χ3v) is 8.40. The van der Waals surface area contributed by atoms with Crippen molar-refractivity contribution in [3.63, 3.8) is 0 Å². The molecule has 242 valence electrons. The molecule has 5 N–H and O–H groups in total. The fourth-order valence-corrected chi connectivity index (χ4v) is 5.64. The van der Waals surface area contributed by atoms with Gasteiger partial charge in [0, 0.05) is 48.0 Å². The van der Waals surface area contributed by atoms with Crippen molar-refractivity contribution < 1.29 is 14.3 Å². The van der Waals surface area contributed by atoms with E-state index in [0.717, 1.165) is 60.9 Å². The summed E-state index contributed by atoms with van der Waals surface area (Å²) >= 11 is 0. The van der Waals surface area contributed by atoms with Crippen LogP contribution in [0.5, 0.6) is 5.88 Å². The van der Waals surface area contributed by atoms with Crippen LogP contribution in [0.2, 0.25) is 0 Å². The number of hydrogen-bond acceptors (Lipinski definition) is 9. The number of nitrogens with zero attached hydrogens (tertiary/aromatic N) is 5. The second-order valence-corrected chi connectivity index (χ2v) is 12.1. The van der Waals surface area contributed by atoms with Gasteiger partial charge in [0.05, 0.1) is 6.61 Å². The summed E-state index contributed by atoms with van der Waals surface area (Å²) in [5, 5.41) is 20.0. The molecule has 4 aromatic rings. The SMILES string of the molecule is CN(C)CCCOc1ccc(-c2ccc(CC(NC(=O)C3CCC(CN)CC3)C(=O)Nc3ccc(-c4nn[nH]n4)cc3)cc2)cn1. The molecule has 2 aromatic heterocycles. The molecule has 1 saturated carbocycles. The minimum atomic E-state index is -0.756. The summed E-state index contributed by atoms with van der Waals surface area (Å²) in [6, 6.07) is 18.3. The van der Waals surface area contributed by atoms with E-state index in [2.05, 4.69) is 41.1 Å². The Morgan fingerprint density at radius 3 is 2.33 bits per heavy atom. The zero-order valence-corrected chi connectivity index (χ0v) is 26.5. The molecular weight excluding hydrogens is 582 g/mol. The molecule has 2 aromatic carbocycles. The van der Waals surface area contributed by atoms with Gasteiger partial charge in [-0.3, -0.25) is 9.59 Å². The Balaban J connectivity index is 1.24. The first-order valence-corrected chi connectivity index (χ1v) is 15.9. The molecule has 0 saturated heterocycles. The minimum Gasteiger partial charge on any atom is -0.478 e. The van der Waals surface area contributed by atoms with Crippen LogP contribution < -0.4 is 21.1 Å². The highest BCUT2D eigenvalue weighted by Gasteiger charge is 2.29. The van der Waals surface area contributed by atoms with E-state index >= 15 is 0 Å². The largest absolute Gasteiger partial charge is 0.478 e. The van der Waals surface area contributed by atoms with E-state index in [9.17, 15) is 9.59 Å². The molecular formula is C34H43N9O3. The summed E-state index contributed by atoms with van der Waals surface area (Å²) in [6.07, 6.45) is 6.49. The highest BCUT2D eigenvalue weighted by atomic mass is 16.5. The molecule has 0 aliphatic heterocycles. The number of H-pyrrole nitrogens is 1. The number of ether oxygens (including phenoxy) is 1. The normalized spacial score (nSPS) is 17.0. The number of tetrazole rings is 1. The molecule has 1 aliphatic rings. The van der Waals surface area contributed by atoms with Crippen LogP contribution in [-0.2, 0) is 16.0 Å². The smallest absolute Gasteiger partial charge is 0.247 e. The molecule has 2 heterocycles. The van der Waals surface area contributed by atoms with Gasteiger partial charge in [-0.15, -0.1) is 10.2 Å². The average molecular weight is 626 g/mol. The van der Waals surface area contributed by atoms with Crippen LogP contribution in [0.3, 0.4) is 0 Å². The van der Waals surface area contributed by atoms with Crippen molar-refractivity contribution in [3.05, 3.63) is 72.4 Å². The number of amides is 2. The maximum Gasteiger partial charge on any atom is 0.247 e. The summed E-state index contributed by atoms with van der Waals surface area (Å²) in [4.78, 5) is 33.5. The van der Waals surface area contributed by atoms with E-state index in [0.29, 0.717) is 42.9 Å². The van der Waals surface area contributed by atoms with Crippen molar-refractivity contribution in [2.24, 2.45) is 17.6 Å². The van der Waals surface area contributed by atoms with Crippen LogP contribution in [0, 0.1) is 11.8 Å². The van der Waals surface area contributed by atoms with Crippen LogP contribution in [-0.4, -0.2) is 82.2 Å². The number of carbonyl (C=O) groups excluding carboxylic acids is 2. The summed E-state index contributed by atoms with van der Waals surface area (Å²) in [6.45, 7) is 2.22. The van der Waals surface area contributed by atoms with Gasteiger partial charge >= 0.3 is 0 Å². The third-order valence-electron chi connectivity index (χ3n) is 8.40. The maximum absolute atomic E-state index is 13.6. The van der Waals surface area contributed by atoms with Crippen molar-refractivity contribution >= 4 is 17.5 Å². The molecule has 2 amide bonds. The Hall–Kier alpha value is -4.68. The van der Waals surface area contributed by atoms with E-state index in [1.54, 1.807) is 30.5 Å². The van der Waals surface area contributed by atoms with Gasteiger partial charge in [-0.25, -0.2) is 4.98 Å². The number of anilines is 1. The average Bonchev–Trinajstić information content (AvgIpc) is 3.63. The van der Waals surface area contributed by atoms with Crippen molar-refractivity contribution in [2.75, 3.05) is 39.1 Å². The van der Waals surface area contributed by atoms with Gasteiger partial charge in [-0.1, -0.05) is 24.3 Å². The quantitative estimate of drug-likeness (QED) is 0.153. The first-order chi connectivity index (χ1) is 22.4. The number of hydrogen-bond donors (Lipinski definition) is 4. The lowest BCUT2D eigenvalue weighted by molar-refractivity contribution is -0.130. The van der Waals surface area contributed by atoms with Crippen LogP contribution >= 0.6 is 0 Å². The molecule has 12 heteroatoms. The molecule has 1 aliphatic carbocycles. The lowest BCUT2D eigenvalue weighted by Gasteiger charge is -2.28. The number of aromatic nitrogens is 5. The van der Waals surface area contributed by atoms with Crippen molar-refractivity contribution in [1.82, 2.24) is 35.8 Å². The molecule has 1 atom stereocenters. The number of pyridine rings is 1. The van der Waals surface area contributed by atoms with E-state index in [1.165, 1.54) is 0 Å². The minimum absolute atomic E-state index is 0.0882. The molecule has 12 nitrogen and oxygen atoms in total. The van der Waals surface area contributed by atoms with Gasteiger partial charge < -0.3 is 26.0 Å². The van der Waals surface area contributed by atoms with Gasteiger partial charge in [0.25, 0.3) is 0 Å². The van der Waals surface area contributed by atoms with Gasteiger partial charge in [0.2, 0.25) is 23.5 Å². The third kappa shape index (κ3) is 9.18. The zero-order valence-electron chi connectivity index (χ0n) is 26.5. The van der Waals surface area contributed by atoms with Crippen LogP contribution in [0.15, 0.2) is 66.9 Å². The Labute approximate surface area is 269 Å². The standard InChI is InChI=1S/C34H43N9O3/c1-43(2)18-3-19-46-31-17-14-28(22-36-31)25-8-4-23(5-9-25)20-30(38-33(44)27-10-6-24(21-35)7-11-27)34(45)37-29-15-12-26(13-16-29)32-39-41-42-40-32/h4-5,8-9,12-17,22,24,27,30H,3,6-7,10-11,18-21,35H2,1-2H3,(H,37,45)(H,38,44)(H,39,40,41,42). The van der Waals surface area contributed by atoms with Gasteiger partial charge in [-0.05, 0) is 105 Å². The number of nitrogens with two attached hydrogens (primary N) is 1. The van der Waals surface area contributed by atoms with Crippen LogP contribution in [0.4, 0.5) is 5.69 Å². The fraction of sp³-hybridized carbons (Fsp3) is 0.412. The monoisotopic (exact) mass is 625 g/mol. The van der Waals surface area contributed by atoms with Gasteiger partial charge in [0.1, 0.15) is 6.04 Å². The summed E-state index contributed by atoms with van der Waals surface area (Å²) in [5.74, 6) is 1.03. The summed E-state index contributed by atoms with van der Waals surface area (Å²) < 4.78 is 5.76. The molecule has 1 unspecified atom stereocenters. The van der Waals surface area contributed by atoms with Gasteiger partial charge in [0.15, 0.2) is 0 Å². The molecule has 5 rings (SSSR count). The van der Waals surface area contributed by atoms with E-state index in [1.807, 2.05) is 50.5 Å². The van der Waals surface area contributed by atoms with E-state index < -0.39 is 6.04 Å². The van der Waals surface area contributed by atoms with Crippen LogP contribution in [0.1, 0.15) is 37.7 Å². The maximum atomic E-state index is 13.6. The number of benzene rings is 2. The number of carbonyl (C=O) groups is 2. The first-order valence-electron chi connectivity index (χ1n) is 15.9. The fourth-order valence-electron chi connectivity index (χ4n) is 5.64. The van der Waals surface area contributed by atoms with E-state index in [-0.39, 0.29) is 17.7 Å². The second kappa shape index (κ2) is 16.1. The predicted octanol–water partition coefficient (Wildman–Crippen LogP) is 3.69. The Kier molecular flexibility index (Phi) is 11.4. The molecule has 0 bridgehead atoms. The number of rotatable bonds is 14. The van der Waals surface area contributed by atoms with Gasteiger partial charge in [-0.2, -0.15) is 5.21 Å². The zero-order chi connectivity index (χ0) is 32.3. The molecule has 0 spiro atoms. The lowest BCUT2D eigenvalue weighted by Crippen LogP contribution is -2.48. The highest BCUT2D eigenvalue weighted by molar-refractivity contribution is 5.97. The highest BCUT2D eigenvalue weighted by Crippen LogP contribution is 2.28. The number of aromatic amines is 1. The lowest BCUT2D eigenvalue weighted by atomic mass is 9.81. The topological polar surface area (TPSA) is 164 Å². The summed E-state index contributed by atoms with van der Waals surface area (Å²) in [7, 11) is 4.08. The predicted molar refractivity (Wildman–Crippen MR) is 177 cm³/mol. The Bertz CT molecular complexity index is 1520. The van der Waals surface area contributed by atoms with Crippen molar-refractivity contribution in [3.8, 4) is 28.4 Å². The number of nitrogens with one attached hydrogen (secondary N) is 3. The second-order valence-electron chi connectivity index (χ2n) is 12.1. The molecule has 0 radical (unpaired) electrons. The summed E-state index contributed by atoms with van der Waals surface area (Å²) in [5.41, 5.74) is 10.1.